The van der Waals surface area contributed by atoms with Crippen LogP contribution in [0.1, 0.15) is 16.7 Å². The van der Waals surface area contributed by atoms with Crippen LogP contribution in [-0.2, 0) is 6.42 Å². The number of nitrogens with zero attached hydrogens (tertiary/aromatic N) is 4. The largest absolute Gasteiger partial charge is 0.359 e. The van der Waals surface area contributed by atoms with Crippen molar-refractivity contribution in [3.63, 3.8) is 0 Å². The first-order valence-corrected chi connectivity index (χ1v) is 8.39. The highest BCUT2D eigenvalue weighted by molar-refractivity contribution is 5.57. The molecule has 3 aromatic rings. The van der Waals surface area contributed by atoms with Crippen molar-refractivity contribution in [2.75, 3.05) is 23.8 Å². The monoisotopic (exact) mass is 333 g/mol. The Bertz CT molecular complexity index is 832. The topological polar surface area (TPSA) is 53.9 Å². The lowest BCUT2D eigenvalue weighted by molar-refractivity contribution is 0.855. The van der Waals surface area contributed by atoms with Crippen molar-refractivity contribution in [3.8, 4) is 0 Å². The van der Waals surface area contributed by atoms with E-state index in [0.29, 0.717) is 5.95 Å². The average Bonchev–Trinajstić information content (AvgIpc) is 2.64. The summed E-state index contributed by atoms with van der Waals surface area (Å²) in [5.41, 5.74) is 4.79. The van der Waals surface area contributed by atoms with Crippen LogP contribution in [0.25, 0.3) is 0 Å². The Morgan fingerprint density at radius 1 is 0.960 bits per heavy atom. The molecule has 0 spiro atoms. The van der Waals surface area contributed by atoms with Gasteiger partial charge in [-0.3, -0.25) is 4.98 Å². The lowest BCUT2D eigenvalue weighted by Gasteiger charge is -2.18. The molecule has 128 valence electrons. The standard InChI is InChI=1S/C20H23N5/c1-15-4-5-18(14-16(15)2)23-20-22-12-8-19(24-20)25(3)13-9-17-6-10-21-11-7-17/h4-8,10-12,14H,9,13H2,1-3H3,(H,22,23,24). The van der Waals surface area contributed by atoms with E-state index in [9.17, 15) is 0 Å². The minimum atomic E-state index is 0.608. The molecule has 0 aliphatic rings. The van der Waals surface area contributed by atoms with Crippen molar-refractivity contribution in [2.45, 2.75) is 20.3 Å². The van der Waals surface area contributed by atoms with Gasteiger partial charge < -0.3 is 10.2 Å². The smallest absolute Gasteiger partial charge is 0.229 e. The summed E-state index contributed by atoms with van der Waals surface area (Å²) in [7, 11) is 2.04. The number of aromatic nitrogens is 3. The van der Waals surface area contributed by atoms with Crippen molar-refractivity contribution >= 4 is 17.5 Å². The molecule has 0 unspecified atom stereocenters. The minimum Gasteiger partial charge on any atom is -0.359 e. The van der Waals surface area contributed by atoms with Crippen LogP contribution in [0.4, 0.5) is 17.5 Å². The molecule has 0 saturated heterocycles. The summed E-state index contributed by atoms with van der Waals surface area (Å²) in [6, 6.07) is 12.3. The van der Waals surface area contributed by atoms with Crippen LogP contribution < -0.4 is 10.2 Å². The van der Waals surface area contributed by atoms with Crippen molar-refractivity contribution < 1.29 is 0 Å². The second-order valence-corrected chi connectivity index (χ2v) is 6.19. The normalized spacial score (nSPS) is 10.5. The van der Waals surface area contributed by atoms with Crippen molar-refractivity contribution in [2.24, 2.45) is 0 Å². The molecule has 0 radical (unpaired) electrons. The molecule has 3 rings (SSSR count). The van der Waals surface area contributed by atoms with E-state index in [-0.39, 0.29) is 0 Å². The summed E-state index contributed by atoms with van der Waals surface area (Å²) >= 11 is 0. The van der Waals surface area contributed by atoms with Crippen LogP contribution in [-0.4, -0.2) is 28.5 Å². The van der Waals surface area contributed by atoms with Crippen LogP contribution >= 0.6 is 0 Å². The maximum atomic E-state index is 4.62. The van der Waals surface area contributed by atoms with E-state index in [0.717, 1.165) is 24.5 Å². The van der Waals surface area contributed by atoms with E-state index in [2.05, 4.69) is 51.1 Å². The zero-order chi connectivity index (χ0) is 17.6. The van der Waals surface area contributed by atoms with Crippen LogP contribution in [0.3, 0.4) is 0 Å². The first-order chi connectivity index (χ1) is 12.1. The summed E-state index contributed by atoms with van der Waals surface area (Å²) in [5, 5.41) is 3.28. The fourth-order valence-electron chi connectivity index (χ4n) is 2.53. The molecule has 5 heteroatoms. The van der Waals surface area contributed by atoms with Gasteiger partial charge in [-0.15, -0.1) is 0 Å². The Hall–Kier alpha value is -2.95. The van der Waals surface area contributed by atoms with E-state index in [4.69, 9.17) is 0 Å². The lowest BCUT2D eigenvalue weighted by atomic mass is 10.1. The average molecular weight is 333 g/mol. The van der Waals surface area contributed by atoms with E-state index in [1.165, 1.54) is 16.7 Å². The number of aryl methyl sites for hydroxylation is 2. The van der Waals surface area contributed by atoms with Crippen molar-refractivity contribution in [1.29, 1.82) is 0 Å². The Morgan fingerprint density at radius 3 is 2.52 bits per heavy atom. The highest BCUT2D eigenvalue weighted by atomic mass is 15.2. The van der Waals surface area contributed by atoms with Gasteiger partial charge in [0.05, 0.1) is 0 Å². The number of benzene rings is 1. The molecule has 2 heterocycles. The van der Waals surface area contributed by atoms with Gasteiger partial charge in [0.25, 0.3) is 0 Å². The van der Waals surface area contributed by atoms with E-state index in [1.807, 2.05) is 43.7 Å². The molecular weight excluding hydrogens is 310 g/mol. The summed E-state index contributed by atoms with van der Waals surface area (Å²) in [4.78, 5) is 15.1. The minimum absolute atomic E-state index is 0.608. The molecule has 0 aliphatic carbocycles. The third-order valence-electron chi connectivity index (χ3n) is 4.28. The zero-order valence-electron chi connectivity index (χ0n) is 14.9. The second kappa shape index (κ2) is 7.75. The number of pyridine rings is 1. The second-order valence-electron chi connectivity index (χ2n) is 6.19. The van der Waals surface area contributed by atoms with Crippen LogP contribution in [0, 0.1) is 13.8 Å². The highest BCUT2D eigenvalue weighted by Crippen LogP contribution is 2.19. The number of rotatable bonds is 6. The Kier molecular flexibility index (Phi) is 5.23. The fourth-order valence-corrected chi connectivity index (χ4v) is 2.53. The zero-order valence-corrected chi connectivity index (χ0v) is 14.9. The molecule has 25 heavy (non-hydrogen) atoms. The Labute approximate surface area is 148 Å². The maximum Gasteiger partial charge on any atom is 0.229 e. The first kappa shape index (κ1) is 16.9. The number of likely N-dealkylation sites (N-methyl/N-ethyl adjacent to an activating group) is 1. The number of hydrogen-bond donors (Lipinski definition) is 1. The van der Waals surface area contributed by atoms with Crippen LogP contribution in [0.2, 0.25) is 0 Å². The molecule has 0 amide bonds. The Balaban J connectivity index is 1.66. The number of hydrogen-bond acceptors (Lipinski definition) is 5. The summed E-state index contributed by atoms with van der Waals surface area (Å²) in [5.74, 6) is 1.51. The van der Waals surface area contributed by atoms with Gasteiger partial charge in [0.15, 0.2) is 0 Å². The van der Waals surface area contributed by atoms with Crippen molar-refractivity contribution in [3.05, 3.63) is 71.7 Å². The summed E-state index contributed by atoms with van der Waals surface area (Å²) in [6.45, 7) is 5.09. The maximum absolute atomic E-state index is 4.62. The van der Waals surface area contributed by atoms with Crippen LogP contribution in [0.15, 0.2) is 55.0 Å². The first-order valence-electron chi connectivity index (χ1n) is 8.39. The predicted molar refractivity (Wildman–Crippen MR) is 102 cm³/mol. The van der Waals surface area contributed by atoms with Gasteiger partial charge in [-0.05, 0) is 67.3 Å². The van der Waals surface area contributed by atoms with Gasteiger partial charge in [0.1, 0.15) is 5.82 Å². The predicted octanol–water partition coefficient (Wildman–Crippen LogP) is 3.91. The quantitative estimate of drug-likeness (QED) is 0.741. The van der Waals surface area contributed by atoms with Gasteiger partial charge in [-0.2, -0.15) is 4.98 Å². The van der Waals surface area contributed by atoms with Gasteiger partial charge in [0.2, 0.25) is 5.95 Å². The molecule has 2 aromatic heterocycles. The van der Waals surface area contributed by atoms with Crippen molar-refractivity contribution in [1.82, 2.24) is 15.0 Å². The SMILES string of the molecule is Cc1ccc(Nc2nccc(N(C)CCc3ccncc3)n2)cc1C. The third-order valence-corrected chi connectivity index (χ3v) is 4.28. The van der Waals surface area contributed by atoms with Gasteiger partial charge in [0, 0.05) is 37.9 Å². The molecule has 0 aliphatic heterocycles. The third kappa shape index (κ3) is 4.53. The summed E-state index contributed by atoms with van der Waals surface area (Å²) < 4.78 is 0. The molecule has 1 N–H and O–H groups in total. The summed E-state index contributed by atoms with van der Waals surface area (Å²) in [6.07, 6.45) is 6.38. The molecule has 0 saturated carbocycles. The van der Waals surface area contributed by atoms with E-state index < -0.39 is 0 Å². The van der Waals surface area contributed by atoms with Gasteiger partial charge >= 0.3 is 0 Å². The molecule has 0 fully saturated rings. The molecule has 0 atom stereocenters. The molecule has 5 nitrogen and oxygen atoms in total. The lowest BCUT2D eigenvalue weighted by Crippen LogP contribution is -2.21. The molecule has 0 bridgehead atoms. The highest BCUT2D eigenvalue weighted by Gasteiger charge is 2.06. The van der Waals surface area contributed by atoms with Gasteiger partial charge in [-0.25, -0.2) is 4.98 Å². The van der Waals surface area contributed by atoms with Crippen LogP contribution in [0.5, 0.6) is 0 Å². The number of nitrogens with one attached hydrogen (secondary N) is 1. The van der Waals surface area contributed by atoms with Gasteiger partial charge in [-0.1, -0.05) is 6.07 Å². The molecular formula is C20H23N5. The van der Waals surface area contributed by atoms with E-state index in [1.54, 1.807) is 6.20 Å². The molecule has 1 aromatic carbocycles. The number of anilines is 3. The Morgan fingerprint density at radius 2 is 1.76 bits per heavy atom. The van der Waals surface area contributed by atoms with E-state index >= 15 is 0 Å². The fraction of sp³-hybridized carbons (Fsp3) is 0.250.